The van der Waals surface area contributed by atoms with Gasteiger partial charge in [-0.3, -0.25) is 5.32 Å². The van der Waals surface area contributed by atoms with E-state index in [4.69, 9.17) is 14.2 Å². The van der Waals surface area contributed by atoms with Crippen molar-refractivity contribution >= 4 is 23.3 Å². The zero-order chi connectivity index (χ0) is 20.3. The zero-order valence-corrected chi connectivity index (χ0v) is 16.8. The fourth-order valence-electron chi connectivity index (χ4n) is 3.14. The average molecular weight is 389 g/mol. The first kappa shape index (κ1) is 20.1. The Morgan fingerprint density at radius 1 is 1.29 bits per heavy atom. The summed E-state index contributed by atoms with van der Waals surface area (Å²) in [5.74, 6) is -0.208. The van der Waals surface area contributed by atoms with Crippen LogP contribution in [-0.2, 0) is 14.2 Å². The van der Waals surface area contributed by atoms with E-state index < -0.39 is 17.7 Å². The van der Waals surface area contributed by atoms with Gasteiger partial charge in [0.15, 0.2) is 0 Å². The van der Waals surface area contributed by atoms with Crippen molar-refractivity contribution in [2.45, 2.75) is 52.1 Å². The first-order chi connectivity index (χ1) is 13.3. The van der Waals surface area contributed by atoms with E-state index in [-0.39, 0.29) is 12.2 Å². The number of hydrogen-bond donors (Lipinski definition) is 1. The number of rotatable bonds is 4. The summed E-state index contributed by atoms with van der Waals surface area (Å²) in [4.78, 5) is 24.6. The number of nitrogens with zero attached hydrogens (tertiary/aromatic N) is 2. The Morgan fingerprint density at radius 2 is 2.00 bits per heavy atom. The summed E-state index contributed by atoms with van der Waals surface area (Å²) in [5, 5.41) is 7.29. The quantitative estimate of drug-likeness (QED) is 0.801. The first-order valence-corrected chi connectivity index (χ1v) is 9.55. The number of nitrogens with one attached hydrogen (secondary N) is 1. The summed E-state index contributed by atoms with van der Waals surface area (Å²) in [6.45, 7) is 8.73. The molecule has 0 bridgehead atoms. The molecular formula is C20H27N3O5. The lowest BCUT2D eigenvalue weighted by Gasteiger charge is -2.20. The molecule has 2 aromatic rings. The Labute approximate surface area is 164 Å². The molecule has 28 heavy (non-hydrogen) atoms. The van der Waals surface area contributed by atoms with Gasteiger partial charge in [-0.1, -0.05) is 0 Å². The van der Waals surface area contributed by atoms with Crippen molar-refractivity contribution in [1.82, 2.24) is 9.61 Å². The zero-order valence-electron chi connectivity index (χ0n) is 16.8. The van der Waals surface area contributed by atoms with Gasteiger partial charge < -0.3 is 14.2 Å². The van der Waals surface area contributed by atoms with Crippen LogP contribution in [0.1, 0.15) is 62.5 Å². The molecule has 1 fully saturated rings. The second-order valence-electron chi connectivity index (χ2n) is 7.77. The molecule has 1 aliphatic heterocycles. The van der Waals surface area contributed by atoms with Crippen LogP contribution in [-0.4, -0.2) is 47.1 Å². The number of esters is 1. The second kappa shape index (κ2) is 8.18. The largest absolute Gasteiger partial charge is 0.462 e. The number of hydrogen-bond acceptors (Lipinski definition) is 6. The van der Waals surface area contributed by atoms with E-state index in [1.54, 1.807) is 44.5 Å². The van der Waals surface area contributed by atoms with Crippen molar-refractivity contribution in [2.24, 2.45) is 0 Å². The SMILES string of the molecule is CCOC(=O)c1cn2nc(C3CCOCC3)cc2cc1NC(=O)OC(C)(C)C. The highest BCUT2D eigenvalue weighted by atomic mass is 16.6. The Balaban J connectivity index is 1.95. The third-order valence-electron chi connectivity index (χ3n) is 4.39. The predicted molar refractivity (Wildman–Crippen MR) is 104 cm³/mol. The van der Waals surface area contributed by atoms with Gasteiger partial charge in [0.2, 0.25) is 0 Å². The van der Waals surface area contributed by atoms with Crippen molar-refractivity contribution in [3.63, 3.8) is 0 Å². The highest BCUT2D eigenvalue weighted by Crippen LogP contribution is 2.28. The summed E-state index contributed by atoms with van der Waals surface area (Å²) in [7, 11) is 0. The highest BCUT2D eigenvalue weighted by molar-refractivity contribution is 6.00. The monoisotopic (exact) mass is 389 g/mol. The molecule has 152 valence electrons. The lowest BCUT2D eigenvalue weighted by molar-refractivity contribution is 0.0527. The van der Waals surface area contributed by atoms with E-state index in [9.17, 15) is 9.59 Å². The maximum absolute atomic E-state index is 12.4. The molecule has 0 aliphatic carbocycles. The maximum Gasteiger partial charge on any atom is 0.412 e. The Kier molecular flexibility index (Phi) is 5.88. The number of carbonyl (C=O) groups is 2. The Bertz CT molecular complexity index is 863. The average Bonchev–Trinajstić information content (AvgIpc) is 3.03. The molecule has 1 saturated heterocycles. The van der Waals surface area contributed by atoms with E-state index in [1.807, 2.05) is 6.07 Å². The summed E-state index contributed by atoms with van der Waals surface area (Å²) >= 11 is 0. The molecule has 2 aromatic heterocycles. The van der Waals surface area contributed by atoms with Crippen LogP contribution < -0.4 is 5.32 Å². The number of anilines is 1. The summed E-state index contributed by atoms with van der Waals surface area (Å²) in [6.07, 6.45) is 2.78. The summed E-state index contributed by atoms with van der Waals surface area (Å²) in [5.41, 5.74) is 1.64. The van der Waals surface area contributed by atoms with Crippen LogP contribution >= 0.6 is 0 Å². The topological polar surface area (TPSA) is 91.2 Å². The molecule has 0 spiro atoms. The van der Waals surface area contributed by atoms with Crippen molar-refractivity contribution in [3.05, 3.63) is 29.6 Å². The molecule has 3 heterocycles. The molecule has 0 saturated carbocycles. The minimum Gasteiger partial charge on any atom is -0.462 e. The van der Waals surface area contributed by atoms with Gasteiger partial charge in [-0.2, -0.15) is 5.10 Å². The molecule has 0 radical (unpaired) electrons. The molecule has 0 unspecified atom stereocenters. The third kappa shape index (κ3) is 4.81. The van der Waals surface area contributed by atoms with Gasteiger partial charge >= 0.3 is 12.1 Å². The smallest absolute Gasteiger partial charge is 0.412 e. The van der Waals surface area contributed by atoms with Crippen LogP contribution in [0, 0.1) is 0 Å². The number of aromatic nitrogens is 2. The van der Waals surface area contributed by atoms with Crippen molar-refractivity contribution in [3.8, 4) is 0 Å². The van der Waals surface area contributed by atoms with Crippen LogP contribution in [0.4, 0.5) is 10.5 Å². The minimum atomic E-state index is -0.648. The summed E-state index contributed by atoms with van der Waals surface area (Å²) < 4.78 is 17.5. The lowest BCUT2D eigenvalue weighted by Crippen LogP contribution is -2.28. The second-order valence-corrected chi connectivity index (χ2v) is 7.77. The lowest BCUT2D eigenvalue weighted by atomic mass is 9.97. The molecule has 1 aliphatic rings. The number of amides is 1. The van der Waals surface area contributed by atoms with Gasteiger partial charge in [0.05, 0.1) is 23.5 Å². The molecule has 8 heteroatoms. The minimum absolute atomic E-state index is 0.224. The predicted octanol–water partition coefficient (Wildman–Crippen LogP) is 3.75. The van der Waals surface area contributed by atoms with Crippen LogP contribution in [0.2, 0.25) is 0 Å². The van der Waals surface area contributed by atoms with Crippen molar-refractivity contribution in [2.75, 3.05) is 25.1 Å². The molecule has 3 rings (SSSR count). The number of pyridine rings is 1. The van der Waals surface area contributed by atoms with E-state index in [0.29, 0.717) is 11.6 Å². The van der Waals surface area contributed by atoms with Crippen LogP contribution in [0.3, 0.4) is 0 Å². The fraction of sp³-hybridized carbons (Fsp3) is 0.550. The number of ether oxygens (including phenoxy) is 3. The fourth-order valence-corrected chi connectivity index (χ4v) is 3.14. The third-order valence-corrected chi connectivity index (χ3v) is 4.39. The van der Waals surface area contributed by atoms with Crippen molar-refractivity contribution in [1.29, 1.82) is 0 Å². The van der Waals surface area contributed by atoms with E-state index in [1.165, 1.54) is 0 Å². The van der Waals surface area contributed by atoms with E-state index >= 15 is 0 Å². The van der Waals surface area contributed by atoms with Gasteiger partial charge in [0.1, 0.15) is 11.2 Å². The molecule has 1 amide bonds. The highest BCUT2D eigenvalue weighted by Gasteiger charge is 2.23. The normalized spacial score (nSPS) is 15.4. The Hall–Kier alpha value is -2.61. The van der Waals surface area contributed by atoms with Gasteiger partial charge in [-0.05, 0) is 52.7 Å². The van der Waals surface area contributed by atoms with Gasteiger partial charge in [-0.15, -0.1) is 0 Å². The van der Waals surface area contributed by atoms with Crippen LogP contribution in [0.25, 0.3) is 5.52 Å². The molecular weight excluding hydrogens is 362 g/mol. The number of carbonyl (C=O) groups excluding carboxylic acids is 2. The Morgan fingerprint density at radius 3 is 2.64 bits per heavy atom. The van der Waals surface area contributed by atoms with Gasteiger partial charge in [0.25, 0.3) is 0 Å². The molecule has 8 nitrogen and oxygen atoms in total. The summed E-state index contributed by atoms with van der Waals surface area (Å²) in [6, 6.07) is 3.69. The van der Waals surface area contributed by atoms with E-state index in [2.05, 4.69) is 10.4 Å². The maximum atomic E-state index is 12.4. The molecule has 0 aromatic carbocycles. The molecule has 0 atom stereocenters. The standard InChI is InChI=1S/C20H27N3O5/c1-5-27-18(24)15-12-23-14(10-16(22-23)13-6-8-26-9-7-13)11-17(15)21-19(25)28-20(2,3)4/h10-13H,5-9H2,1-4H3,(H,21,25). The van der Waals surface area contributed by atoms with E-state index in [0.717, 1.165) is 37.3 Å². The molecule has 1 N–H and O–H groups in total. The van der Waals surface area contributed by atoms with Gasteiger partial charge in [0, 0.05) is 25.3 Å². The van der Waals surface area contributed by atoms with Crippen LogP contribution in [0.5, 0.6) is 0 Å². The van der Waals surface area contributed by atoms with Crippen molar-refractivity contribution < 1.29 is 23.8 Å². The van der Waals surface area contributed by atoms with Gasteiger partial charge in [-0.25, -0.2) is 14.1 Å². The first-order valence-electron chi connectivity index (χ1n) is 9.55. The van der Waals surface area contributed by atoms with Crippen LogP contribution in [0.15, 0.2) is 18.3 Å². The number of fused-ring (bicyclic) bond motifs is 1.